The summed E-state index contributed by atoms with van der Waals surface area (Å²) in [7, 11) is 0. The molecule has 1 heteroatoms. The molecule has 0 rings (SSSR count). The smallest absolute Gasteiger partial charge is 0.0405 e. The normalized spacial score (nSPS) is 13.5. The largest absolute Gasteiger partial charge is 0.263 e. The molecule has 1 unspecified atom stereocenters. The van der Waals surface area contributed by atoms with E-state index in [1.807, 2.05) is 20.8 Å². The Labute approximate surface area is 113 Å². The molecule has 0 heterocycles. The van der Waals surface area contributed by atoms with Gasteiger partial charge in [-0.05, 0) is 40.5 Å². The molecule has 18 heavy (non-hydrogen) atoms. The summed E-state index contributed by atoms with van der Waals surface area (Å²) in [5.41, 5.74) is 4.38. The van der Waals surface area contributed by atoms with Crippen LogP contribution in [0.5, 0.6) is 0 Å². The minimum Gasteiger partial charge on any atom is -0.263 e. The van der Waals surface area contributed by atoms with E-state index in [0.29, 0.717) is 0 Å². The highest BCUT2D eigenvalue weighted by molar-refractivity contribution is 5.80. The molecule has 0 fully saturated rings. The predicted molar refractivity (Wildman–Crippen MR) is 84.0 cm³/mol. The number of hydrogen-bond acceptors (Lipinski definition) is 1. The maximum absolute atomic E-state index is 4.48. The SMILES string of the molecule is C=C(C)C(CC(/C=C\CC)=C/C)C(=C)N=C(C)C. The lowest BCUT2D eigenvalue weighted by Gasteiger charge is -2.18. The van der Waals surface area contributed by atoms with Crippen molar-refractivity contribution in [3.63, 3.8) is 0 Å². The summed E-state index contributed by atoms with van der Waals surface area (Å²) in [6.45, 7) is 18.4. The van der Waals surface area contributed by atoms with Gasteiger partial charge in [-0.1, -0.05) is 49.5 Å². The Morgan fingerprint density at radius 3 is 2.22 bits per heavy atom. The maximum Gasteiger partial charge on any atom is 0.0405 e. The van der Waals surface area contributed by atoms with Crippen LogP contribution in [-0.4, -0.2) is 5.71 Å². The van der Waals surface area contributed by atoms with E-state index >= 15 is 0 Å². The number of rotatable bonds is 7. The van der Waals surface area contributed by atoms with Gasteiger partial charge in [0, 0.05) is 17.3 Å². The summed E-state index contributed by atoms with van der Waals surface area (Å²) < 4.78 is 0. The molecule has 0 amide bonds. The molecule has 0 spiro atoms. The molecule has 0 N–H and O–H groups in total. The zero-order valence-electron chi connectivity index (χ0n) is 12.6. The van der Waals surface area contributed by atoms with Gasteiger partial charge in [0.2, 0.25) is 0 Å². The maximum atomic E-state index is 4.48. The first kappa shape index (κ1) is 16.6. The molecule has 0 aromatic heterocycles. The molecule has 0 bridgehead atoms. The minimum absolute atomic E-state index is 0.229. The van der Waals surface area contributed by atoms with Crippen molar-refractivity contribution in [1.82, 2.24) is 0 Å². The van der Waals surface area contributed by atoms with E-state index in [2.05, 4.69) is 50.2 Å². The molecule has 0 aliphatic heterocycles. The first-order valence-corrected chi connectivity index (χ1v) is 6.60. The van der Waals surface area contributed by atoms with E-state index in [9.17, 15) is 0 Å². The van der Waals surface area contributed by atoms with Crippen LogP contribution in [0, 0.1) is 5.92 Å². The third-order valence-electron chi connectivity index (χ3n) is 2.74. The number of aliphatic imine (C=N–C) groups is 1. The van der Waals surface area contributed by atoms with Gasteiger partial charge in [-0.15, -0.1) is 0 Å². The summed E-state index contributed by atoms with van der Waals surface area (Å²) >= 11 is 0. The zero-order chi connectivity index (χ0) is 14.1. The molecule has 1 nitrogen and oxygen atoms in total. The fourth-order valence-corrected chi connectivity index (χ4v) is 1.73. The Bertz CT molecular complexity index is 376. The van der Waals surface area contributed by atoms with Crippen LogP contribution >= 0.6 is 0 Å². The first-order valence-electron chi connectivity index (χ1n) is 6.60. The van der Waals surface area contributed by atoms with E-state index in [0.717, 1.165) is 29.8 Å². The molecule has 100 valence electrons. The van der Waals surface area contributed by atoms with Crippen molar-refractivity contribution in [2.45, 2.75) is 47.5 Å². The summed E-state index contributed by atoms with van der Waals surface area (Å²) in [4.78, 5) is 4.48. The molecule has 0 aliphatic rings. The highest BCUT2D eigenvalue weighted by Crippen LogP contribution is 2.27. The van der Waals surface area contributed by atoms with E-state index in [-0.39, 0.29) is 5.92 Å². The number of nitrogens with zero attached hydrogens (tertiary/aromatic N) is 1. The minimum atomic E-state index is 0.229. The molecule has 0 aromatic rings. The zero-order valence-corrected chi connectivity index (χ0v) is 12.6. The van der Waals surface area contributed by atoms with Crippen molar-refractivity contribution >= 4 is 5.71 Å². The van der Waals surface area contributed by atoms with Gasteiger partial charge in [-0.2, -0.15) is 0 Å². The second-order valence-corrected chi connectivity index (χ2v) is 4.83. The van der Waals surface area contributed by atoms with Crippen LogP contribution in [0.25, 0.3) is 0 Å². The Morgan fingerprint density at radius 2 is 1.83 bits per heavy atom. The quantitative estimate of drug-likeness (QED) is 0.320. The van der Waals surface area contributed by atoms with E-state index in [1.165, 1.54) is 5.57 Å². The van der Waals surface area contributed by atoms with Gasteiger partial charge in [-0.3, -0.25) is 4.99 Å². The third kappa shape index (κ3) is 6.39. The van der Waals surface area contributed by atoms with Crippen molar-refractivity contribution in [3.8, 4) is 0 Å². The van der Waals surface area contributed by atoms with E-state index < -0.39 is 0 Å². The van der Waals surface area contributed by atoms with Crippen LogP contribution in [0.1, 0.15) is 47.5 Å². The van der Waals surface area contributed by atoms with Gasteiger partial charge in [0.1, 0.15) is 0 Å². The van der Waals surface area contributed by atoms with Crippen LogP contribution in [0.2, 0.25) is 0 Å². The van der Waals surface area contributed by atoms with Crippen molar-refractivity contribution in [2.24, 2.45) is 10.9 Å². The topological polar surface area (TPSA) is 12.4 Å². The fraction of sp³-hybridized carbons (Fsp3) is 0.471. The van der Waals surface area contributed by atoms with Crippen molar-refractivity contribution in [1.29, 1.82) is 0 Å². The van der Waals surface area contributed by atoms with Gasteiger partial charge in [-0.25, -0.2) is 0 Å². The van der Waals surface area contributed by atoms with Gasteiger partial charge in [0.15, 0.2) is 0 Å². The van der Waals surface area contributed by atoms with Gasteiger partial charge < -0.3 is 0 Å². The van der Waals surface area contributed by atoms with Crippen molar-refractivity contribution in [2.75, 3.05) is 0 Å². The monoisotopic (exact) mass is 245 g/mol. The van der Waals surface area contributed by atoms with Crippen LogP contribution in [-0.2, 0) is 0 Å². The number of allylic oxidation sites excluding steroid dienone is 5. The standard InChI is InChI=1S/C17H27N/c1-8-10-11-16(9-2)12-17(13(3)4)15(7)18-14(5)6/h9-11,17H,3,7-8,12H2,1-2,4-6H3/b11-10-,16-9+. The lowest BCUT2D eigenvalue weighted by molar-refractivity contribution is 0.706. The van der Waals surface area contributed by atoms with Crippen LogP contribution in [0.3, 0.4) is 0 Å². The number of hydrogen-bond donors (Lipinski definition) is 0. The van der Waals surface area contributed by atoms with Gasteiger partial charge in [0.05, 0.1) is 0 Å². The average molecular weight is 245 g/mol. The summed E-state index contributed by atoms with van der Waals surface area (Å²) in [5.74, 6) is 0.229. The van der Waals surface area contributed by atoms with Crippen LogP contribution in [0.4, 0.5) is 0 Å². The molecule has 0 aliphatic carbocycles. The third-order valence-corrected chi connectivity index (χ3v) is 2.74. The van der Waals surface area contributed by atoms with Gasteiger partial charge in [0.25, 0.3) is 0 Å². The predicted octanol–water partition coefficient (Wildman–Crippen LogP) is 5.48. The second-order valence-electron chi connectivity index (χ2n) is 4.83. The molecule has 0 saturated heterocycles. The van der Waals surface area contributed by atoms with Crippen LogP contribution < -0.4 is 0 Å². The summed E-state index contributed by atoms with van der Waals surface area (Å²) in [6, 6.07) is 0. The Morgan fingerprint density at radius 1 is 1.22 bits per heavy atom. The molecule has 0 radical (unpaired) electrons. The van der Waals surface area contributed by atoms with E-state index in [1.54, 1.807) is 0 Å². The lowest BCUT2D eigenvalue weighted by Crippen LogP contribution is -2.05. The molecular weight excluding hydrogens is 218 g/mol. The highest BCUT2D eigenvalue weighted by atomic mass is 14.8. The Balaban J connectivity index is 4.94. The molecule has 0 aromatic carbocycles. The fourth-order valence-electron chi connectivity index (χ4n) is 1.73. The second kappa shape index (κ2) is 8.68. The summed E-state index contributed by atoms with van der Waals surface area (Å²) in [6.07, 6.45) is 8.51. The first-order chi connectivity index (χ1) is 8.42. The average Bonchev–Trinajstić information content (AvgIpc) is 2.27. The van der Waals surface area contributed by atoms with Gasteiger partial charge >= 0.3 is 0 Å². The summed E-state index contributed by atoms with van der Waals surface area (Å²) in [5, 5.41) is 0. The molecule has 1 atom stereocenters. The lowest BCUT2D eigenvalue weighted by atomic mass is 9.90. The Hall–Kier alpha value is -1.37. The van der Waals surface area contributed by atoms with Crippen molar-refractivity contribution < 1.29 is 0 Å². The van der Waals surface area contributed by atoms with Crippen LogP contribution in [0.15, 0.2) is 53.2 Å². The van der Waals surface area contributed by atoms with Crippen molar-refractivity contribution in [3.05, 3.63) is 48.2 Å². The highest BCUT2D eigenvalue weighted by Gasteiger charge is 2.14. The van der Waals surface area contributed by atoms with E-state index in [4.69, 9.17) is 0 Å². The molecule has 0 saturated carbocycles. The Kier molecular flexibility index (Phi) is 8.02. The molecular formula is C17H27N.